The molecule has 0 aliphatic rings. The van der Waals surface area contributed by atoms with E-state index in [-0.39, 0.29) is 6.10 Å². The van der Waals surface area contributed by atoms with Crippen molar-refractivity contribution in [3.8, 4) is 0 Å². The first-order chi connectivity index (χ1) is 12.7. The van der Waals surface area contributed by atoms with E-state index in [2.05, 4.69) is 40.7 Å². The summed E-state index contributed by atoms with van der Waals surface area (Å²) in [5.41, 5.74) is 7.86. The summed E-state index contributed by atoms with van der Waals surface area (Å²) in [6, 6.07) is 12.5. The Balaban J connectivity index is 1.47. The van der Waals surface area contributed by atoms with Gasteiger partial charge in [-0.3, -0.25) is 0 Å². The Morgan fingerprint density at radius 2 is 2.00 bits per heavy atom. The lowest BCUT2D eigenvalue weighted by Gasteiger charge is -2.18. The Morgan fingerprint density at radius 1 is 1.15 bits per heavy atom. The van der Waals surface area contributed by atoms with Gasteiger partial charge in [0.25, 0.3) is 0 Å². The van der Waals surface area contributed by atoms with Gasteiger partial charge < -0.3 is 15.0 Å². The summed E-state index contributed by atoms with van der Waals surface area (Å²) >= 11 is 1.88. The number of rotatable bonds is 10. The highest BCUT2D eigenvalue weighted by molar-refractivity contribution is 7.11. The van der Waals surface area contributed by atoms with E-state index in [1.807, 2.05) is 42.2 Å². The van der Waals surface area contributed by atoms with Crippen molar-refractivity contribution in [1.82, 2.24) is 9.55 Å². The summed E-state index contributed by atoms with van der Waals surface area (Å²) < 4.78 is 8.32. The number of nitrogens with two attached hydrogens (primary N) is 1. The average Bonchev–Trinajstić information content (AvgIpc) is 3.29. The van der Waals surface area contributed by atoms with E-state index in [4.69, 9.17) is 10.5 Å². The molecule has 0 bridgehead atoms. The first kappa shape index (κ1) is 18.7. The highest BCUT2D eigenvalue weighted by Crippen LogP contribution is 2.19. The molecule has 0 amide bonds. The lowest BCUT2D eigenvalue weighted by Crippen LogP contribution is -2.21. The van der Waals surface area contributed by atoms with Crippen LogP contribution in [0.5, 0.6) is 0 Å². The second-order valence-electron chi connectivity index (χ2n) is 6.65. The van der Waals surface area contributed by atoms with Gasteiger partial charge in [-0.2, -0.15) is 0 Å². The summed E-state index contributed by atoms with van der Waals surface area (Å²) in [7, 11) is 0. The molecule has 3 aromatic rings. The molecule has 138 valence electrons. The Morgan fingerprint density at radius 3 is 2.69 bits per heavy atom. The van der Waals surface area contributed by atoms with Crippen LogP contribution in [0.2, 0.25) is 0 Å². The normalized spacial score (nSPS) is 12.3. The molecule has 1 unspecified atom stereocenters. The third-order valence-electron chi connectivity index (χ3n) is 4.43. The molecule has 0 saturated heterocycles. The molecule has 2 heterocycles. The molecule has 0 spiro atoms. The van der Waals surface area contributed by atoms with Crippen LogP contribution in [-0.4, -0.2) is 22.3 Å². The van der Waals surface area contributed by atoms with Crippen LogP contribution in [0.1, 0.15) is 28.2 Å². The van der Waals surface area contributed by atoms with Crippen molar-refractivity contribution in [1.29, 1.82) is 0 Å². The molecule has 0 fully saturated rings. The number of hydrogen-bond acceptors (Lipinski definition) is 4. The van der Waals surface area contributed by atoms with Crippen LogP contribution in [0.15, 0.2) is 55.1 Å². The maximum atomic E-state index is 6.22. The fourth-order valence-corrected chi connectivity index (χ4v) is 3.90. The zero-order chi connectivity index (χ0) is 18.2. The minimum atomic E-state index is 0.207. The molecule has 26 heavy (non-hydrogen) atoms. The smallest absolute Gasteiger partial charge is 0.0946 e. The van der Waals surface area contributed by atoms with E-state index >= 15 is 0 Å². The van der Waals surface area contributed by atoms with Crippen molar-refractivity contribution in [3.05, 3.63) is 70.4 Å². The first-order valence-corrected chi connectivity index (χ1v) is 9.98. The predicted octanol–water partition coefficient (Wildman–Crippen LogP) is 4.49. The molecule has 5 heteroatoms. The Kier molecular flexibility index (Phi) is 6.86. The molecule has 0 aliphatic carbocycles. The van der Waals surface area contributed by atoms with Gasteiger partial charge in [0.1, 0.15) is 0 Å². The van der Waals surface area contributed by atoms with E-state index in [9.17, 15) is 0 Å². The molecular formula is C21H27N3OS. The Labute approximate surface area is 159 Å². The summed E-state index contributed by atoms with van der Waals surface area (Å²) in [6.45, 7) is 3.78. The average molecular weight is 370 g/mol. The number of aryl methyl sites for hydroxylation is 3. The largest absolute Gasteiger partial charge is 0.399 e. The number of thiophene rings is 1. The molecule has 2 N–H and O–H groups in total. The van der Waals surface area contributed by atoms with E-state index in [0.29, 0.717) is 0 Å². The number of hydrogen-bond donors (Lipinski definition) is 1. The van der Waals surface area contributed by atoms with Crippen LogP contribution in [0, 0.1) is 6.92 Å². The second kappa shape index (κ2) is 9.55. The van der Waals surface area contributed by atoms with Crippen molar-refractivity contribution in [2.24, 2.45) is 0 Å². The van der Waals surface area contributed by atoms with Crippen molar-refractivity contribution < 1.29 is 4.74 Å². The maximum Gasteiger partial charge on any atom is 0.0946 e. The Bertz CT molecular complexity index is 765. The minimum Gasteiger partial charge on any atom is -0.399 e. The van der Waals surface area contributed by atoms with Gasteiger partial charge in [-0.15, -0.1) is 11.3 Å². The number of anilines is 1. The van der Waals surface area contributed by atoms with Crippen LogP contribution in [0.4, 0.5) is 5.69 Å². The number of imidazole rings is 1. The standard InChI is InChI=1S/C21H27N3OS/c1-17-4-10-21(26-17)11-9-20(15-24-13-12-23-16-24)25-14-2-3-18-5-7-19(22)8-6-18/h4-8,10,12-13,16,20H,2-3,9,11,14-15,22H2,1H3. The zero-order valence-electron chi connectivity index (χ0n) is 15.3. The van der Waals surface area contributed by atoms with Crippen molar-refractivity contribution in [2.45, 2.75) is 45.3 Å². The van der Waals surface area contributed by atoms with E-state index < -0.39 is 0 Å². The number of benzene rings is 1. The van der Waals surface area contributed by atoms with E-state index in [0.717, 1.165) is 44.5 Å². The first-order valence-electron chi connectivity index (χ1n) is 9.16. The molecule has 4 nitrogen and oxygen atoms in total. The fourth-order valence-electron chi connectivity index (χ4n) is 2.99. The zero-order valence-corrected chi connectivity index (χ0v) is 16.1. The maximum absolute atomic E-state index is 6.22. The minimum absolute atomic E-state index is 0.207. The van der Waals surface area contributed by atoms with Crippen molar-refractivity contribution in [2.75, 3.05) is 12.3 Å². The summed E-state index contributed by atoms with van der Waals surface area (Å²) in [6.07, 6.45) is 10.0. The van der Waals surface area contributed by atoms with Crippen molar-refractivity contribution >= 4 is 17.0 Å². The van der Waals surface area contributed by atoms with Crippen LogP contribution in [-0.2, 0) is 24.1 Å². The van der Waals surface area contributed by atoms with E-state index in [1.54, 1.807) is 0 Å². The van der Waals surface area contributed by atoms with Crippen LogP contribution in [0.3, 0.4) is 0 Å². The molecule has 0 saturated carbocycles. The SMILES string of the molecule is Cc1ccc(CCC(Cn2ccnc2)OCCCc2ccc(N)cc2)s1. The highest BCUT2D eigenvalue weighted by Gasteiger charge is 2.11. The van der Waals surface area contributed by atoms with Gasteiger partial charge in [0, 0.05) is 41.0 Å². The summed E-state index contributed by atoms with van der Waals surface area (Å²) in [5.74, 6) is 0. The predicted molar refractivity (Wildman–Crippen MR) is 109 cm³/mol. The van der Waals surface area contributed by atoms with Crippen molar-refractivity contribution in [3.63, 3.8) is 0 Å². The number of nitrogen functional groups attached to an aromatic ring is 1. The van der Waals surface area contributed by atoms with Gasteiger partial charge in [0.15, 0.2) is 0 Å². The molecule has 0 radical (unpaired) electrons. The number of nitrogens with zero attached hydrogens (tertiary/aromatic N) is 2. The molecular weight excluding hydrogens is 342 g/mol. The van der Waals surface area contributed by atoms with Crippen LogP contribution in [0.25, 0.3) is 0 Å². The molecule has 3 rings (SSSR count). The number of aromatic nitrogens is 2. The van der Waals surface area contributed by atoms with Gasteiger partial charge >= 0.3 is 0 Å². The Hall–Kier alpha value is -2.11. The molecule has 0 aliphatic heterocycles. The van der Waals surface area contributed by atoms with Gasteiger partial charge in [-0.25, -0.2) is 4.98 Å². The van der Waals surface area contributed by atoms with E-state index in [1.165, 1.54) is 15.3 Å². The lowest BCUT2D eigenvalue weighted by atomic mass is 10.1. The quantitative estimate of drug-likeness (QED) is 0.423. The summed E-state index contributed by atoms with van der Waals surface area (Å²) in [4.78, 5) is 6.94. The number of ether oxygens (including phenoxy) is 1. The third-order valence-corrected chi connectivity index (χ3v) is 5.49. The van der Waals surface area contributed by atoms with Gasteiger partial charge in [0.05, 0.1) is 12.4 Å². The van der Waals surface area contributed by atoms with Gasteiger partial charge in [-0.05, 0) is 62.4 Å². The summed E-state index contributed by atoms with van der Waals surface area (Å²) in [5, 5.41) is 0. The van der Waals surface area contributed by atoms with Gasteiger partial charge in [-0.1, -0.05) is 12.1 Å². The van der Waals surface area contributed by atoms with Gasteiger partial charge in [0.2, 0.25) is 0 Å². The molecule has 1 atom stereocenters. The lowest BCUT2D eigenvalue weighted by molar-refractivity contribution is 0.0348. The highest BCUT2D eigenvalue weighted by atomic mass is 32.1. The monoisotopic (exact) mass is 369 g/mol. The van der Waals surface area contributed by atoms with Crippen LogP contribution >= 0.6 is 11.3 Å². The molecule has 1 aromatic carbocycles. The third kappa shape index (κ3) is 6.00. The topological polar surface area (TPSA) is 53.1 Å². The second-order valence-corrected chi connectivity index (χ2v) is 8.02. The fraction of sp³-hybridized carbons (Fsp3) is 0.381. The van der Waals surface area contributed by atoms with Crippen LogP contribution < -0.4 is 5.73 Å². The molecule has 2 aromatic heterocycles.